The van der Waals surface area contributed by atoms with Crippen LogP contribution in [0, 0.1) is 11.6 Å². The lowest BCUT2D eigenvalue weighted by atomic mass is 10.1. The third-order valence-electron chi connectivity index (χ3n) is 3.82. The normalized spacial score (nSPS) is 14.3. The highest BCUT2D eigenvalue weighted by Crippen LogP contribution is 2.42. The molecule has 1 fully saturated rings. The number of nitrogens with two attached hydrogens (primary N) is 1. The van der Waals surface area contributed by atoms with Crippen LogP contribution in [-0.2, 0) is 0 Å². The standard InChI is InChI=1S/C15H14F2N2O4S/c16-9-11-8(13(21)10(17)14(9)24-4-3-18)12(20)7(15(22)23)5-19(11)6-1-2-6/h5-6,21H,1-4,18H2,(H,22,23). The Balaban J connectivity index is 2.44. The number of pyridine rings is 1. The molecular weight excluding hydrogens is 342 g/mol. The summed E-state index contributed by atoms with van der Waals surface area (Å²) in [6.45, 7) is 0.176. The average molecular weight is 356 g/mol. The van der Waals surface area contributed by atoms with Crippen LogP contribution in [0.1, 0.15) is 29.2 Å². The van der Waals surface area contributed by atoms with E-state index in [2.05, 4.69) is 0 Å². The van der Waals surface area contributed by atoms with E-state index in [1.165, 1.54) is 4.57 Å². The average Bonchev–Trinajstić information content (AvgIpc) is 3.36. The number of phenols is 1. The zero-order valence-electron chi connectivity index (χ0n) is 12.4. The maximum atomic E-state index is 14.9. The summed E-state index contributed by atoms with van der Waals surface area (Å²) in [7, 11) is 0. The minimum Gasteiger partial charge on any atom is -0.504 e. The summed E-state index contributed by atoms with van der Waals surface area (Å²) in [5.41, 5.74) is 3.33. The number of carboxylic acid groups (broad SMARTS) is 1. The van der Waals surface area contributed by atoms with Gasteiger partial charge in [-0.05, 0) is 12.8 Å². The molecule has 0 atom stereocenters. The third kappa shape index (κ3) is 2.53. The van der Waals surface area contributed by atoms with Gasteiger partial charge in [0, 0.05) is 24.5 Å². The number of hydrogen-bond acceptors (Lipinski definition) is 5. The minimum atomic E-state index is -1.52. The van der Waals surface area contributed by atoms with Crippen molar-refractivity contribution in [2.75, 3.05) is 12.3 Å². The van der Waals surface area contributed by atoms with Crippen LogP contribution in [0.3, 0.4) is 0 Å². The second-order valence-electron chi connectivity index (χ2n) is 5.48. The molecule has 0 saturated heterocycles. The van der Waals surface area contributed by atoms with Gasteiger partial charge in [-0.3, -0.25) is 4.79 Å². The monoisotopic (exact) mass is 356 g/mol. The summed E-state index contributed by atoms with van der Waals surface area (Å²) in [5.74, 6) is -4.59. The fraction of sp³-hybridized carbons (Fsp3) is 0.333. The maximum Gasteiger partial charge on any atom is 0.341 e. The van der Waals surface area contributed by atoms with E-state index in [9.17, 15) is 23.5 Å². The topological polar surface area (TPSA) is 106 Å². The van der Waals surface area contributed by atoms with E-state index in [1.54, 1.807) is 0 Å². The summed E-state index contributed by atoms with van der Waals surface area (Å²) in [5, 5.41) is 18.6. The van der Waals surface area contributed by atoms with Crippen LogP contribution < -0.4 is 11.2 Å². The first-order chi connectivity index (χ1) is 11.4. The molecule has 1 aromatic carbocycles. The fourth-order valence-electron chi connectivity index (χ4n) is 2.58. The van der Waals surface area contributed by atoms with Gasteiger partial charge in [-0.2, -0.15) is 0 Å². The van der Waals surface area contributed by atoms with Crippen molar-refractivity contribution in [3.63, 3.8) is 0 Å². The number of nitrogens with zero attached hydrogens (tertiary/aromatic N) is 1. The number of fused-ring (bicyclic) bond motifs is 1. The molecule has 6 nitrogen and oxygen atoms in total. The highest BCUT2D eigenvalue weighted by atomic mass is 32.2. The Bertz CT molecular complexity index is 909. The Morgan fingerprint density at radius 3 is 2.58 bits per heavy atom. The van der Waals surface area contributed by atoms with E-state index in [1.807, 2.05) is 0 Å². The molecule has 128 valence electrons. The van der Waals surface area contributed by atoms with Gasteiger partial charge >= 0.3 is 5.97 Å². The molecule has 0 radical (unpaired) electrons. The van der Waals surface area contributed by atoms with Gasteiger partial charge in [-0.25, -0.2) is 13.6 Å². The number of aromatic hydroxyl groups is 1. The molecule has 0 unspecified atom stereocenters. The van der Waals surface area contributed by atoms with Crippen molar-refractivity contribution in [1.82, 2.24) is 4.57 Å². The smallest absolute Gasteiger partial charge is 0.341 e. The summed E-state index contributed by atoms with van der Waals surface area (Å²) >= 11 is 0.793. The number of thioether (sulfide) groups is 1. The van der Waals surface area contributed by atoms with Crippen molar-refractivity contribution in [2.24, 2.45) is 5.73 Å². The predicted octanol–water partition coefficient (Wildman–Crippen LogP) is 2.07. The summed E-state index contributed by atoms with van der Waals surface area (Å²) < 4.78 is 30.5. The zero-order chi connectivity index (χ0) is 17.6. The van der Waals surface area contributed by atoms with E-state index in [4.69, 9.17) is 10.8 Å². The Morgan fingerprint density at radius 2 is 2.04 bits per heavy atom. The second-order valence-corrected chi connectivity index (χ2v) is 6.59. The molecule has 1 aliphatic rings. The lowest BCUT2D eigenvalue weighted by molar-refractivity contribution is 0.0695. The molecule has 1 aromatic heterocycles. The molecule has 0 aliphatic heterocycles. The lowest BCUT2D eigenvalue weighted by Crippen LogP contribution is -2.20. The molecule has 0 spiro atoms. The Kier molecular flexibility index (Phi) is 4.22. The maximum absolute atomic E-state index is 14.9. The van der Waals surface area contributed by atoms with E-state index in [-0.39, 0.29) is 23.9 Å². The van der Waals surface area contributed by atoms with Crippen LogP contribution in [0.25, 0.3) is 10.9 Å². The van der Waals surface area contributed by atoms with Gasteiger partial charge in [-0.15, -0.1) is 11.8 Å². The van der Waals surface area contributed by atoms with E-state index in [0.717, 1.165) is 18.0 Å². The van der Waals surface area contributed by atoms with Gasteiger partial charge in [0.05, 0.1) is 15.8 Å². The summed E-state index contributed by atoms with van der Waals surface area (Å²) in [4.78, 5) is 23.1. The SMILES string of the molecule is NCCSc1c(F)c(O)c2c(=O)c(C(=O)O)cn(C3CC3)c2c1F. The number of benzene rings is 1. The fourth-order valence-corrected chi connectivity index (χ4v) is 3.35. The van der Waals surface area contributed by atoms with Gasteiger partial charge in [0.25, 0.3) is 0 Å². The van der Waals surface area contributed by atoms with Crippen LogP contribution in [-0.4, -0.2) is 33.0 Å². The van der Waals surface area contributed by atoms with Crippen LogP contribution >= 0.6 is 11.8 Å². The van der Waals surface area contributed by atoms with Crippen molar-refractivity contribution in [1.29, 1.82) is 0 Å². The van der Waals surface area contributed by atoms with Gasteiger partial charge < -0.3 is 20.5 Å². The molecule has 1 saturated carbocycles. The van der Waals surface area contributed by atoms with Crippen LogP contribution in [0.4, 0.5) is 8.78 Å². The van der Waals surface area contributed by atoms with E-state index in [0.29, 0.717) is 12.8 Å². The van der Waals surface area contributed by atoms with E-state index >= 15 is 0 Å². The molecule has 9 heteroatoms. The third-order valence-corrected chi connectivity index (χ3v) is 4.91. The molecule has 0 amide bonds. The van der Waals surface area contributed by atoms with Crippen molar-refractivity contribution in [3.05, 3.63) is 33.6 Å². The molecule has 24 heavy (non-hydrogen) atoms. The molecule has 2 aromatic rings. The van der Waals surface area contributed by atoms with Crippen molar-refractivity contribution in [3.8, 4) is 5.75 Å². The quantitative estimate of drug-likeness (QED) is 0.708. The van der Waals surface area contributed by atoms with Gasteiger partial charge in [0.2, 0.25) is 5.43 Å². The van der Waals surface area contributed by atoms with Crippen LogP contribution in [0.5, 0.6) is 5.75 Å². The first-order valence-corrected chi connectivity index (χ1v) is 8.22. The first-order valence-electron chi connectivity index (χ1n) is 7.23. The predicted molar refractivity (Wildman–Crippen MR) is 84.8 cm³/mol. The number of hydrogen-bond donors (Lipinski definition) is 3. The van der Waals surface area contributed by atoms with Crippen LogP contribution in [0.2, 0.25) is 0 Å². The minimum absolute atomic E-state index is 0.176. The number of aromatic carboxylic acids is 1. The zero-order valence-corrected chi connectivity index (χ0v) is 13.2. The highest BCUT2D eigenvalue weighted by Gasteiger charge is 2.32. The van der Waals surface area contributed by atoms with Crippen LogP contribution in [0.15, 0.2) is 15.9 Å². The second kappa shape index (κ2) is 6.06. The van der Waals surface area contributed by atoms with Gasteiger partial charge in [0.1, 0.15) is 5.56 Å². The Hall–Kier alpha value is -2.13. The molecule has 0 bridgehead atoms. The number of carbonyl (C=O) groups is 1. The molecule has 1 aliphatic carbocycles. The number of phenolic OH excluding ortho intramolecular Hbond substituents is 1. The molecule has 4 N–H and O–H groups in total. The number of rotatable bonds is 5. The Labute approximate surface area is 138 Å². The largest absolute Gasteiger partial charge is 0.504 e. The van der Waals surface area contributed by atoms with Crippen molar-refractivity contribution < 1.29 is 23.8 Å². The highest BCUT2D eigenvalue weighted by molar-refractivity contribution is 7.99. The van der Waals surface area contributed by atoms with Crippen molar-refractivity contribution in [2.45, 2.75) is 23.8 Å². The van der Waals surface area contributed by atoms with Crippen molar-refractivity contribution >= 4 is 28.6 Å². The first kappa shape index (κ1) is 16.7. The number of carboxylic acids is 1. The number of aromatic nitrogens is 1. The lowest BCUT2D eigenvalue weighted by Gasteiger charge is -2.16. The summed E-state index contributed by atoms with van der Waals surface area (Å²) in [6.07, 6.45) is 2.42. The Morgan fingerprint density at radius 1 is 1.38 bits per heavy atom. The summed E-state index contributed by atoms with van der Waals surface area (Å²) in [6, 6.07) is -0.182. The molecular formula is C15H14F2N2O4S. The van der Waals surface area contributed by atoms with Gasteiger partial charge in [0.15, 0.2) is 17.4 Å². The van der Waals surface area contributed by atoms with Gasteiger partial charge in [-0.1, -0.05) is 0 Å². The number of halogens is 2. The molecule has 1 heterocycles. The molecule has 3 rings (SSSR count). The van der Waals surface area contributed by atoms with E-state index < -0.39 is 44.6 Å².